The molecule has 0 aliphatic heterocycles. The molecule has 0 spiro atoms. The molecule has 0 saturated carbocycles. The van der Waals surface area contributed by atoms with Gasteiger partial charge in [-0.3, -0.25) is 0 Å². The van der Waals surface area contributed by atoms with E-state index in [9.17, 15) is 4.39 Å². The summed E-state index contributed by atoms with van der Waals surface area (Å²) in [6.07, 6.45) is 0. The number of nitrogens with zero attached hydrogens (tertiary/aromatic N) is 1. The quantitative estimate of drug-likeness (QED) is 0.879. The van der Waals surface area contributed by atoms with Crippen LogP contribution in [0.5, 0.6) is 5.75 Å². The van der Waals surface area contributed by atoms with Gasteiger partial charge in [-0.2, -0.15) is 5.26 Å². The number of nitriles is 1. The fourth-order valence-electron chi connectivity index (χ4n) is 1.54. The van der Waals surface area contributed by atoms with Crippen LogP contribution in [-0.4, -0.2) is 0 Å². The second-order valence-electron chi connectivity index (χ2n) is 3.90. The van der Waals surface area contributed by atoms with Gasteiger partial charge in [0.2, 0.25) is 0 Å². The molecule has 5 heteroatoms. The molecule has 0 bridgehead atoms. The zero-order valence-corrected chi connectivity index (χ0v) is 11.4. The van der Waals surface area contributed by atoms with Crippen molar-refractivity contribution in [2.24, 2.45) is 0 Å². The van der Waals surface area contributed by atoms with Gasteiger partial charge in [0.05, 0.1) is 16.1 Å². The number of halogens is 2. The monoisotopic (exact) mass is 320 g/mol. The van der Waals surface area contributed by atoms with Crippen LogP contribution in [0.1, 0.15) is 11.1 Å². The second kappa shape index (κ2) is 5.72. The third-order valence-electron chi connectivity index (χ3n) is 2.51. The lowest BCUT2D eigenvalue weighted by molar-refractivity contribution is 0.298. The van der Waals surface area contributed by atoms with E-state index in [0.717, 1.165) is 4.47 Å². The van der Waals surface area contributed by atoms with Gasteiger partial charge in [0.15, 0.2) is 0 Å². The Morgan fingerprint density at radius 2 is 2.05 bits per heavy atom. The van der Waals surface area contributed by atoms with E-state index in [1.54, 1.807) is 18.2 Å². The van der Waals surface area contributed by atoms with Gasteiger partial charge in [-0.25, -0.2) is 4.39 Å². The fraction of sp³-hybridized carbons (Fsp3) is 0.0714. The van der Waals surface area contributed by atoms with Gasteiger partial charge in [0, 0.05) is 17.3 Å². The van der Waals surface area contributed by atoms with Crippen LogP contribution < -0.4 is 10.5 Å². The van der Waals surface area contributed by atoms with Crippen molar-refractivity contribution in [1.29, 1.82) is 5.26 Å². The molecule has 2 N–H and O–H groups in total. The summed E-state index contributed by atoms with van der Waals surface area (Å²) in [5, 5.41) is 8.78. The maximum atomic E-state index is 13.6. The molecule has 2 aromatic carbocycles. The van der Waals surface area contributed by atoms with E-state index in [0.29, 0.717) is 22.6 Å². The van der Waals surface area contributed by atoms with E-state index in [4.69, 9.17) is 15.7 Å². The Balaban J connectivity index is 2.19. The van der Waals surface area contributed by atoms with Crippen molar-refractivity contribution in [3.05, 3.63) is 57.8 Å². The highest BCUT2D eigenvalue weighted by Crippen LogP contribution is 2.28. The molecule has 0 unspecified atom stereocenters. The number of nitrogen functional groups attached to an aromatic ring is 1. The van der Waals surface area contributed by atoms with Crippen molar-refractivity contribution >= 4 is 21.6 Å². The zero-order valence-electron chi connectivity index (χ0n) is 9.86. The van der Waals surface area contributed by atoms with Crippen LogP contribution in [0, 0.1) is 17.1 Å². The van der Waals surface area contributed by atoms with Crippen molar-refractivity contribution in [3.8, 4) is 11.8 Å². The summed E-state index contributed by atoms with van der Waals surface area (Å²) in [5.74, 6) is 0.126. The Labute approximate surface area is 118 Å². The number of nitrogens with two attached hydrogens (primary N) is 1. The molecule has 0 saturated heterocycles. The lowest BCUT2D eigenvalue weighted by Crippen LogP contribution is -2.00. The Hall–Kier alpha value is -2.06. The summed E-state index contributed by atoms with van der Waals surface area (Å²) < 4.78 is 19.8. The van der Waals surface area contributed by atoms with E-state index in [1.807, 2.05) is 6.07 Å². The van der Waals surface area contributed by atoms with Crippen LogP contribution in [-0.2, 0) is 6.61 Å². The van der Waals surface area contributed by atoms with Crippen molar-refractivity contribution in [1.82, 2.24) is 0 Å². The fourth-order valence-corrected chi connectivity index (χ4v) is 1.90. The first kappa shape index (κ1) is 13.4. The molecule has 0 aliphatic carbocycles. The largest absolute Gasteiger partial charge is 0.488 e. The van der Waals surface area contributed by atoms with Gasteiger partial charge in [-0.1, -0.05) is 0 Å². The van der Waals surface area contributed by atoms with Gasteiger partial charge in [0.1, 0.15) is 18.2 Å². The molecule has 0 atom stereocenters. The number of benzene rings is 2. The topological polar surface area (TPSA) is 59.0 Å². The molecule has 2 aromatic rings. The van der Waals surface area contributed by atoms with Crippen LogP contribution in [0.2, 0.25) is 0 Å². The Bertz CT molecular complexity index is 652. The van der Waals surface area contributed by atoms with Crippen molar-refractivity contribution in [3.63, 3.8) is 0 Å². The predicted molar refractivity (Wildman–Crippen MR) is 74.0 cm³/mol. The first-order chi connectivity index (χ1) is 9.10. The average Bonchev–Trinajstić information content (AvgIpc) is 2.41. The number of ether oxygens (including phenoxy) is 1. The first-order valence-corrected chi connectivity index (χ1v) is 6.26. The summed E-state index contributed by atoms with van der Waals surface area (Å²) >= 11 is 3.32. The van der Waals surface area contributed by atoms with Crippen molar-refractivity contribution < 1.29 is 9.13 Å². The molecule has 0 fully saturated rings. The number of rotatable bonds is 3. The van der Waals surface area contributed by atoms with Gasteiger partial charge in [0.25, 0.3) is 0 Å². The van der Waals surface area contributed by atoms with E-state index in [1.165, 1.54) is 18.2 Å². The molecular weight excluding hydrogens is 311 g/mol. The predicted octanol–water partition coefficient (Wildman–Crippen LogP) is 3.62. The molecule has 0 radical (unpaired) electrons. The van der Waals surface area contributed by atoms with Crippen LogP contribution in [0.4, 0.5) is 10.1 Å². The maximum absolute atomic E-state index is 13.6. The van der Waals surface area contributed by atoms with E-state index in [2.05, 4.69) is 15.9 Å². The van der Waals surface area contributed by atoms with Gasteiger partial charge >= 0.3 is 0 Å². The Morgan fingerprint density at radius 3 is 2.79 bits per heavy atom. The Morgan fingerprint density at radius 1 is 1.26 bits per heavy atom. The van der Waals surface area contributed by atoms with Crippen molar-refractivity contribution in [2.45, 2.75) is 6.61 Å². The van der Waals surface area contributed by atoms with Gasteiger partial charge < -0.3 is 10.5 Å². The normalized spacial score (nSPS) is 9.95. The average molecular weight is 321 g/mol. The van der Waals surface area contributed by atoms with Crippen LogP contribution >= 0.6 is 15.9 Å². The van der Waals surface area contributed by atoms with Gasteiger partial charge in [-0.15, -0.1) is 0 Å². The SMILES string of the molecule is N#Cc1ccc(F)c(COc2cc(N)ccc2Br)c1. The van der Waals surface area contributed by atoms with Crippen LogP contribution in [0.15, 0.2) is 40.9 Å². The summed E-state index contributed by atoms with van der Waals surface area (Å²) in [7, 11) is 0. The summed E-state index contributed by atoms with van der Waals surface area (Å²) in [5.41, 5.74) is 6.94. The molecule has 0 amide bonds. The third-order valence-corrected chi connectivity index (χ3v) is 3.17. The molecule has 96 valence electrons. The minimum atomic E-state index is -0.404. The molecule has 0 heterocycles. The molecule has 0 aromatic heterocycles. The summed E-state index contributed by atoms with van der Waals surface area (Å²) in [4.78, 5) is 0. The smallest absolute Gasteiger partial charge is 0.136 e. The van der Waals surface area contributed by atoms with E-state index < -0.39 is 5.82 Å². The highest BCUT2D eigenvalue weighted by Gasteiger charge is 2.07. The maximum Gasteiger partial charge on any atom is 0.136 e. The Kier molecular flexibility index (Phi) is 4.03. The number of anilines is 1. The molecular formula is C14H10BrFN2O. The lowest BCUT2D eigenvalue weighted by atomic mass is 10.1. The standard InChI is InChI=1S/C14H10BrFN2O/c15-12-3-2-11(18)6-14(12)19-8-10-5-9(7-17)1-4-13(10)16/h1-6H,8,18H2. The minimum absolute atomic E-state index is 0.0312. The van der Waals surface area contributed by atoms with Crippen LogP contribution in [0.25, 0.3) is 0 Å². The molecule has 2 rings (SSSR count). The number of hydrogen-bond donors (Lipinski definition) is 1. The highest BCUT2D eigenvalue weighted by molar-refractivity contribution is 9.10. The molecule has 3 nitrogen and oxygen atoms in total. The van der Waals surface area contributed by atoms with E-state index >= 15 is 0 Å². The summed E-state index contributed by atoms with van der Waals surface area (Å²) in [6, 6.07) is 11.2. The molecule has 0 aliphatic rings. The first-order valence-electron chi connectivity index (χ1n) is 5.46. The summed E-state index contributed by atoms with van der Waals surface area (Å²) in [6.45, 7) is 0.0312. The molecule has 19 heavy (non-hydrogen) atoms. The third kappa shape index (κ3) is 3.24. The zero-order chi connectivity index (χ0) is 13.8. The van der Waals surface area contributed by atoms with Crippen molar-refractivity contribution in [2.75, 3.05) is 5.73 Å². The van der Waals surface area contributed by atoms with Gasteiger partial charge in [-0.05, 0) is 46.3 Å². The minimum Gasteiger partial charge on any atom is -0.488 e. The van der Waals surface area contributed by atoms with E-state index in [-0.39, 0.29) is 6.61 Å². The number of hydrogen-bond acceptors (Lipinski definition) is 3. The lowest BCUT2D eigenvalue weighted by Gasteiger charge is -2.09. The van der Waals surface area contributed by atoms with Crippen LogP contribution in [0.3, 0.4) is 0 Å². The second-order valence-corrected chi connectivity index (χ2v) is 4.75. The highest BCUT2D eigenvalue weighted by atomic mass is 79.9.